The second-order valence-corrected chi connectivity index (χ2v) is 9.22. The van der Waals surface area contributed by atoms with Gasteiger partial charge in [0.15, 0.2) is 11.5 Å². The molecule has 0 aliphatic carbocycles. The Balaban J connectivity index is 0.00000171. The van der Waals surface area contributed by atoms with Crippen LogP contribution in [-0.2, 0) is 4.57 Å². The van der Waals surface area contributed by atoms with E-state index in [4.69, 9.17) is 18.9 Å². The quantitative estimate of drug-likeness (QED) is 0.251. The van der Waals surface area contributed by atoms with Crippen LogP contribution in [-0.4, -0.2) is 36.0 Å². The van der Waals surface area contributed by atoms with Crippen LogP contribution in [0.1, 0.15) is 0 Å². The summed E-state index contributed by atoms with van der Waals surface area (Å²) in [4.78, 5) is 22.7. The Morgan fingerprint density at radius 2 is 1.84 bits per heavy atom. The molecule has 0 bridgehead atoms. The first-order valence-corrected chi connectivity index (χ1v) is 11.1. The molecule has 10 nitrogen and oxygen atoms in total. The van der Waals surface area contributed by atoms with Crippen molar-refractivity contribution < 1.29 is 92.4 Å². The van der Waals surface area contributed by atoms with Crippen LogP contribution in [0.15, 0.2) is 41.4 Å². The molecule has 152 valence electrons. The number of benzene rings is 2. The number of fused-ring (bicyclic) bond motifs is 1. The van der Waals surface area contributed by atoms with Crippen molar-refractivity contribution in [2.45, 2.75) is 4.90 Å². The second kappa shape index (κ2) is 10.9. The van der Waals surface area contributed by atoms with Gasteiger partial charge in [-0.15, -0.1) is 5.10 Å². The van der Waals surface area contributed by atoms with E-state index in [0.29, 0.717) is 34.2 Å². The summed E-state index contributed by atoms with van der Waals surface area (Å²) in [5.41, 5.74) is 1.74. The molecule has 0 spiro atoms. The third-order valence-electron chi connectivity index (χ3n) is 4.11. The van der Waals surface area contributed by atoms with Gasteiger partial charge in [-0.2, -0.15) is 0 Å². The van der Waals surface area contributed by atoms with Gasteiger partial charge in [0.25, 0.3) is 0 Å². The van der Waals surface area contributed by atoms with Gasteiger partial charge in [-0.3, -0.25) is 0 Å². The first-order chi connectivity index (χ1) is 13.9. The van der Waals surface area contributed by atoms with Crippen LogP contribution in [0.25, 0.3) is 16.9 Å². The molecule has 0 fully saturated rings. The van der Waals surface area contributed by atoms with Crippen molar-refractivity contribution in [3.8, 4) is 39.9 Å². The normalized spacial score (nSPS) is 12.0. The largest absolute Gasteiger partial charge is 1.00 e. The number of hydrogen-bond donors (Lipinski definition) is 0. The Morgan fingerprint density at radius 1 is 1.10 bits per heavy atom. The Hall–Kier alpha value is -0.720. The number of hydrogen-bond acceptors (Lipinski definition) is 10. The molecule has 0 N–H and O–H groups in total. The molecule has 14 heteroatoms. The number of ether oxygens (including phenoxy) is 4. The fourth-order valence-corrected chi connectivity index (χ4v) is 4.70. The van der Waals surface area contributed by atoms with Crippen molar-refractivity contribution in [3.63, 3.8) is 0 Å². The Bertz CT molecular complexity index is 1130. The van der Waals surface area contributed by atoms with Crippen LogP contribution in [0.2, 0.25) is 0 Å². The minimum Gasteiger partial charge on any atom is -0.803 e. The van der Waals surface area contributed by atoms with Crippen LogP contribution in [0.5, 0.6) is 23.0 Å². The van der Waals surface area contributed by atoms with Crippen molar-refractivity contribution in [2.24, 2.45) is 0 Å². The number of aromatic nitrogens is 3. The van der Waals surface area contributed by atoms with E-state index in [-0.39, 0.29) is 87.9 Å². The molecule has 1 aromatic heterocycles. The maximum Gasteiger partial charge on any atom is 1.00 e. The summed E-state index contributed by atoms with van der Waals surface area (Å²) < 4.78 is 34.1. The first kappa shape index (κ1) is 26.5. The van der Waals surface area contributed by atoms with Gasteiger partial charge < -0.3 is 33.3 Å². The summed E-state index contributed by atoms with van der Waals surface area (Å²) in [5, 5.41) is 8.06. The molecule has 2 heterocycles. The van der Waals surface area contributed by atoms with Crippen LogP contribution in [0.4, 0.5) is 0 Å². The number of rotatable bonds is 6. The smallest absolute Gasteiger partial charge is 0.803 e. The van der Waals surface area contributed by atoms with Crippen LogP contribution in [0.3, 0.4) is 0 Å². The van der Waals surface area contributed by atoms with Crippen molar-refractivity contribution in [3.05, 3.63) is 36.5 Å². The summed E-state index contributed by atoms with van der Waals surface area (Å²) in [7, 11) is 2.91. The van der Waals surface area contributed by atoms with E-state index in [9.17, 15) is 14.4 Å². The maximum atomic E-state index is 11.2. The molecule has 1 aliphatic heterocycles. The van der Waals surface area contributed by atoms with Crippen molar-refractivity contribution >= 4 is 18.2 Å². The summed E-state index contributed by atoms with van der Waals surface area (Å²) in [6, 6.07) is 8.26. The molecular formula is C17H14N3Na2O7PS. The van der Waals surface area contributed by atoms with E-state index in [0.717, 1.165) is 0 Å². The SMILES string of the molecule is COc1ccc(-c2cnnn2-c2cc(OC)c3c(c2)OCO3)cc1SP(=O)([O-])[O-].[Na+].[Na+]. The number of nitrogens with zero attached hydrogens (tertiary/aromatic N) is 3. The predicted molar refractivity (Wildman–Crippen MR) is 99.5 cm³/mol. The summed E-state index contributed by atoms with van der Waals surface area (Å²) in [5.74, 6) is 1.75. The molecule has 3 aromatic rings. The van der Waals surface area contributed by atoms with E-state index in [1.165, 1.54) is 31.2 Å². The van der Waals surface area contributed by atoms with E-state index in [2.05, 4.69) is 10.3 Å². The monoisotopic (exact) mass is 481 g/mol. The topological polar surface area (TPSA) is 131 Å². The zero-order valence-electron chi connectivity index (χ0n) is 17.2. The average molecular weight is 481 g/mol. The molecule has 0 amide bonds. The van der Waals surface area contributed by atoms with Gasteiger partial charge in [0.05, 0.1) is 36.7 Å². The van der Waals surface area contributed by atoms with Crippen molar-refractivity contribution in [1.82, 2.24) is 15.0 Å². The third-order valence-corrected chi connectivity index (χ3v) is 6.11. The van der Waals surface area contributed by atoms with E-state index < -0.39 is 6.80 Å². The minimum absolute atomic E-state index is 0. The summed E-state index contributed by atoms with van der Waals surface area (Å²) in [6.45, 7) is -4.78. The van der Waals surface area contributed by atoms with E-state index >= 15 is 0 Å². The summed E-state index contributed by atoms with van der Waals surface area (Å²) in [6.07, 6.45) is 1.52. The van der Waals surface area contributed by atoms with Crippen molar-refractivity contribution in [2.75, 3.05) is 21.0 Å². The van der Waals surface area contributed by atoms with Gasteiger partial charge in [0, 0.05) is 17.7 Å². The Labute approximate surface area is 226 Å². The molecule has 0 atom stereocenters. The minimum atomic E-state index is -4.86. The van der Waals surface area contributed by atoms with Gasteiger partial charge in [0.2, 0.25) is 12.5 Å². The molecule has 1 aliphatic rings. The molecule has 0 saturated heterocycles. The van der Waals surface area contributed by atoms with E-state index in [1.54, 1.807) is 24.3 Å². The molecule has 0 unspecified atom stereocenters. The Morgan fingerprint density at radius 3 is 2.52 bits per heavy atom. The van der Waals surface area contributed by atoms with Crippen LogP contribution < -0.4 is 87.8 Å². The summed E-state index contributed by atoms with van der Waals surface area (Å²) >= 11 is 0.200. The van der Waals surface area contributed by atoms with Crippen LogP contribution >= 0.6 is 18.2 Å². The van der Waals surface area contributed by atoms with Gasteiger partial charge >= 0.3 is 59.1 Å². The van der Waals surface area contributed by atoms with Gasteiger partial charge in [0.1, 0.15) is 5.75 Å². The third kappa shape index (κ3) is 5.80. The fraction of sp³-hybridized carbons (Fsp3) is 0.176. The van der Waals surface area contributed by atoms with Gasteiger partial charge in [-0.05, 0) is 25.0 Å². The number of methoxy groups -OCH3 is 2. The molecule has 0 radical (unpaired) electrons. The maximum absolute atomic E-state index is 11.2. The zero-order chi connectivity index (χ0) is 20.6. The zero-order valence-corrected chi connectivity index (χ0v) is 22.9. The molecular weight excluding hydrogens is 467 g/mol. The van der Waals surface area contributed by atoms with Gasteiger partial charge in [-0.25, -0.2) is 4.68 Å². The molecule has 4 rings (SSSR count). The average Bonchev–Trinajstić information content (AvgIpc) is 3.35. The first-order valence-electron chi connectivity index (χ1n) is 8.18. The molecule has 31 heavy (non-hydrogen) atoms. The van der Waals surface area contributed by atoms with Gasteiger partial charge in [-0.1, -0.05) is 16.6 Å². The van der Waals surface area contributed by atoms with Crippen molar-refractivity contribution in [1.29, 1.82) is 0 Å². The standard InChI is InChI=1S/C17H16N3O7PS.2Na/c1-24-13-4-3-10(5-16(13)29-28(21,22)23)12-8-18-19-20(12)11-6-14(25-2)17-15(7-11)26-9-27-17;;/h3-8H,9H2,1-2H3,(H2,21,22,23);;/q;2*+1/p-2. The van der Waals surface area contributed by atoms with Crippen LogP contribution in [0, 0.1) is 0 Å². The molecule has 0 saturated carbocycles. The Kier molecular flexibility index (Phi) is 9.36. The van der Waals surface area contributed by atoms with E-state index in [1.807, 2.05) is 0 Å². The second-order valence-electron chi connectivity index (χ2n) is 5.82. The molecule has 2 aromatic carbocycles. The fourth-order valence-electron chi connectivity index (χ4n) is 2.89. The predicted octanol–water partition coefficient (Wildman–Crippen LogP) is -4.39.